The Balaban J connectivity index is 1.58. The van der Waals surface area contributed by atoms with Crippen LogP contribution in [0, 0.1) is 23.6 Å². The molecule has 2 aliphatic carbocycles. The summed E-state index contributed by atoms with van der Waals surface area (Å²) >= 11 is 6.10. The molecule has 1 aromatic carbocycles. The van der Waals surface area contributed by atoms with Crippen molar-refractivity contribution in [3.63, 3.8) is 0 Å². The molecule has 0 spiro atoms. The Morgan fingerprint density at radius 1 is 1.37 bits per heavy atom. The summed E-state index contributed by atoms with van der Waals surface area (Å²) in [7, 11) is 0. The molecule has 1 aromatic rings. The van der Waals surface area contributed by atoms with Crippen molar-refractivity contribution in [1.82, 2.24) is 5.32 Å². The average Bonchev–Trinajstić information content (AvgIpc) is 3.02. The number of fused-ring (bicyclic) bond motifs is 2. The summed E-state index contributed by atoms with van der Waals surface area (Å²) in [5.74, 6) is 2.47. The van der Waals surface area contributed by atoms with Gasteiger partial charge in [-0.2, -0.15) is 0 Å². The molecule has 0 aliphatic heterocycles. The molecule has 0 aromatic heterocycles. The molecule has 2 saturated carbocycles. The minimum Gasteiger partial charge on any atom is -0.310 e. The van der Waals surface area contributed by atoms with E-state index in [1.165, 1.54) is 37.8 Å². The maximum atomic E-state index is 13.2. The van der Waals surface area contributed by atoms with Crippen molar-refractivity contribution in [1.29, 1.82) is 0 Å². The molecule has 3 rings (SSSR count). The second-order valence-corrected chi connectivity index (χ2v) is 6.65. The van der Waals surface area contributed by atoms with Crippen molar-refractivity contribution in [2.75, 3.05) is 0 Å². The van der Waals surface area contributed by atoms with Crippen molar-refractivity contribution in [2.24, 2.45) is 17.8 Å². The molecule has 3 heteroatoms. The third-order valence-electron chi connectivity index (χ3n) is 5.06. The molecular weight excluding hydrogens is 261 g/mol. The first-order valence-corrected chi connectivity index (χ1v) is 7.68. The van der Waals surface area contributed by atoms with E-state index < -0.39 is 0 Å². The smallest absolute Gasteiger partial charge is 0.123 e. The Labute approximate surface area is 119 Å². The van der Waals surface area contributed by atoms with E-state index in [0.717, 1.165) is 23.3 Å². The van der Waals surface area contributed by atoms with Gasteiger partial charge in [-0.1, -0.05) is 18.0 Å². The first-order valence-electron chi connectivity index (χ1n) is 7.31. The first kappa shape index (κ1) is 13.4. The lowest BCUT2D eigenvalue weighted by Crippen LogP contribution is -2.35. The molecule has 104 valence electrons. The fraction of sp³-hybridized carbons (Fsp3) is 0.625. The van der Waals surface area contributed by atoms with Gasteiger partial charge in [0, 0.05) is 17.6 Å². The molecule has 0 amide bonds. The third-order valence-corrected chi connectivity index (χ3v) is 5.43. The van der Waals surface area contributed by atoms with Crippen LogP contribution in [0.25, 0.3) is 0 Å². The van der Waals surface area contributed by atoms with E-state index in [2.05, 4.69) is 12.2 Å². The van der Waals surface area contributed by atoms with Crippen molar-refractivity contribution in [3.8, 4) is 0 Å². The molecule has 2 fully saturated rings. The van der Waals surface area contributed by atoms with E-state index in [1.54, 1.807) is 6.07 Å². The lowest BCUT2D eigenvalue weighted by Gasteiger charge is -2.28. The summed E-state index contributed by atoms with van der Waals surface area (Å²) in [4.78, 5) is 0. The minimum absolute atomic E-state index is 0.214. The second kappa shape index (κ2) is 5.41. The highest BCUT2D eigenvalue weighted by Crippen LogP contribution is 2.49. The van der Waals surface area contributed by atoms with Crippen LogP contribution in [0.5, 0.6) is 0 Å². The van der Waals surface area contributed by atoms with Gasteiger partial charge in [-0.25, -0.2) is 4.39 Å². The standard InChI is InChI=1S/C16H21ClFN/c1-10(15-7-11-2-3-12(15)6-11)19-9-13-8-14(18)4-5-16(13)17/h4-5,8,10-12,15,19H,2-3,6-7,9H2,1H3. The molecule has 4 atom stereocenters. The molecule has 0 radical (unpaired) electrons. The Hall–Kier alpha value is -0.600. The number of hydrogen-bond acceptors (Lipinski definition) is 1. The Kier molecular flexibility index (Phi) is 3.81. The predicted molar refractivity (Wildman–Crippen MR) is 76.6 cm³/mol. The van der Waals surface area contributed by atoms with Crippen molar-refractivity contribution < 1.29 is 4.39 Å². The predicted octanol–water partition coefficient (Wildman–Crippen LogP) is 4.39. The van der Waals surface area contributed by atoms with Crippen LogP contribution in [-0.4, -0.2) is 6.04 Å². The zero-order valence-corrected chi connectivity index (χ0v) is 12.1. The van der Waals surface area contributed by atoms with Gasteiger partial charge in [-0.15, -0.1) is 0 Å². The summed E-state index contributed by atoms with van der Waals surface area (Å²) in [5, 5.41) is 4.19. The number of halogens is 2. The van der Waals surface area contributed by atoms with Crippen molar-refractivity contribution in [3.05, 3.63) is 34.6 Å². The van der Waals surface area contributed by atoms with Crippen molar-refractivity contribution in [2.45, 2.75) is 45.2 Å². The summed E-state index contributed by atoms with van der Waals surface area (Å²) in [6, 6.07) is 5.07. The average molecular weight is 282 g/mol. The zero-order valence-electron chi connectivity index (χ0n) is 11.3. The molecular formula is C16H21ClFN. The van der Waals surface area contributed by atoms with Crippen LogP contribution >= 0.6 is 11.6 Å². The molecule has 1 N–H and O–H groups in total. The van der Waals surface area contributed by atoms with Crippen LogP contribution in [0.3, 0.4) is 0 Å². The van der Waals surface area contributed by atoms with Gasteiger partial charge in [0.05, 0.1) is 0 Å². The topological polar surface area (TPSA) is 12.0 Å². The van der Waals surface area contributed by atoms with E-state index in [9.17, 15) is 4.39 Å². The monoisotopic (exact) mass is 281 g/mol. The van der Waals surface area contributed by atoms with E-state index >= 15 is 0 Å². The van der Waals surface area contributed by atoms with Gasteiger partial charge in [0.2, 0.25) is 0 Å². The molecule has 0 saturated heterocycles. The van der Waals surface area contributed by atoms with E-state index in [0.29, 0.717) is 17.6 Å². The van der Waals surface area contributed by atoms with Gasteiger partial charge in [-0.3, -0.25) is 0 Å². The minimum atomic E-state index is -0.214. The van der Waals surface area contributed by atoms with Gasteiger partial charge in [0.25, 0.3) is 0 Å². The molecule has 2 bridgehead atoms. The van der Waals surface area contributed by atoms with Gasteiger partial charge < -0.3 is 5.32 Å². The van der Waals surface area contributed by atoms with Crippen LogP contribution < -0.4 is 5.32 Å². The summed E-state index contributed by atoms with van der Waals surface area (Å²) in [5.41, 5.74) is 0.858. The lowest BCUT2D eigenvalue weighted by atomic mass is 9.84. The molecule has 1 nitrogen and oxygen atoms in total. The second-order valence-electron chi connectivity index (χ2n) is 6.24. The molecule has 4 unspecified atom stereocenters. The summed E-state index contributed by atoms with van der Waals surface area (Å²) in [6.07, 6.45) is 5.64. The lowest BCUT2D eigenvalue weighted by molar-refractivity contribution is 0.259. The summed E-state index contributed by atoms with van der Waals surface area (Å²) < 4.78 is 13.2. The SMILES string of the molecule is CC(NCc1cc(F)ccc1Cl)C1CC2CCC1C2. The highest BCUT2D eigenvalue weighted by molar-refractivity contribution is 6.31. The van der Waals surface area contributed by atoms with E-state index in [4.69, 9.17) is 11.6 Å². The zero-order chi connectivity index (χ0) is 13.4. The Morgan fingerprint density at radius 3 is 2.89 bits per heavy atom. The van der Waals surface area contributed by atoms with Crippen molar-refractivity contribution >= 4 is 11.6 Å². The van der Waals surface area contributed by atoms with Gasteiger partial charge in [0.1, 0.15) is 5.82 Å². The fourth-order valence-electron chi connectivity index (χ4n) is 4.01. The Bertz CT molecular complexity index is 462. The molecule has 0 heterocycles. The Morgan fingerprint density at radius 2 is 2.21 bits per heavy atom. The van der Waals surface area contributed by atoms with Crippen LogP contribution in [0.15, 0.2) is 18.2 Å². The largest absolute Gasteiger partial charge is 0.310 e. The van der Waals surface area contributed by atoms with Gasteiger partial charge >= 0.3 is 0 Å². The maximum absolute atomic E-state index is 13.2. The van der Waals surface area contributed by atoms with Gasteiger partial charge in [0.15, 0.2) is 0 Å². The quantitative estimate of drug-likeness (QED) is 0.863. The van der Waals surface area contributed by atoms with Crippen LogP contribution in [0.4, 0.5) is 4.39 Å². The molecule has 19 heavy (non-hydrogen) atoms. The summed E-state index contributed by atoms with van der Waals surface area (Å²) in [6.45, 7) is 2.92. The molecule has 2 aliphatic rings. The van der Waals surface area contributed by atoms with Gasteiger partial charge in [-0.05, 0) is 67.7 Å². The fourth-order valence-corrected chi connectivity index (χ4v) is 4.19. The first-order chi connectivity index (χ1) is 9.13. The van der Waals surface area contributed by atoms with Crippen LogP contribution in [0.2, 0.25) is 5.02 Å². The normalized spacial score (nSPS) is 30.8. The maximum Gasteiger partial charge on any atom is 0.123 e. The van der Waals surface area contributed by atoms with Crippen LogP contribution in [-0.2, 0) is 6.54 Å². The number of hydrogen-bond donors (Lipinski definition) is 1. The number of rotatable bonds is 4. The van der Waals surface area contributed by atoms with E-state index in [1.807, 2.05) is 0 Å². The van der Waals surface area contributed by atoms with Crippen LogP contribution in [0.1, 0.15) is 38.2 Å². The van der Waals surface area contributed by atoms with E-state index in [-0.39, 0.29) is 5.82 Å². The highest BCUT2D eigenvalue weighted by Gasteiger charge is 2.41. The number of nitrogens with one attached hydrogen (secondary N) is 1. The number of benzene rings is 1. The third kappa shape index (κ3) is 2.80. The highest BCUT2D eigenvalue weighted by atomic mass is 35.5.